The van der Waals surface area contributed by atoms with Crippen molar-refractivity contribution in [2.45, 2.75) is 13.0 Å². The lowest BCUT2D eigenvalue weighted by molar-refractivity contribution is -0.116. The van der Waals surface area contributed by atoms with Gasteiger partial charge in [0.25, 0.3) is 0 Å². The van der Waals surface area contributed by atoms with Crippen LogP contribution >= 0.6 is 22.9 Å². The smallest absolute Gasteiger partial charge is 0.225 e. The number of halogens is 1. The van der Waals surface area contributed by atoms with Gasteiger partial charge in [0.05, 0.1) is 10.7 Å². The Hall–Kier alpha value is -1.88. The van der Waals surface area contributed by atoms with Crippen LogP contribution in [0.25, 0.3) is 10.1 Å². The summed E-state index contributed by atoms with van der Waals surface area (Å²) in [5.41, 5.74) is 1.97. The molecule has 0 saturated heterocycles. The normalized spacial score (nSPS) is 11.1. The van der Waals surface area contributed by atoms with Gasteiger partial charge in [-0.15, -0.1) is 11.3 Å². The number of anilines is 1. The first-order chi connectivity index (χ1) is 11.6. The molecule has 0 bridgehead atoms. The Bertz CT molecular complexity index is 846. The minimum absolute atomic E-state index is 0.0230. The van der Waals surface area contributed by atoms with Crippen molar-refractivity contribution < 1.29 is 4.79 Å². The Morgan fingerprint density at radius 3 is 2.75 bits per heavy atom. The first-order valence-corrected chi connectivity index (χ1v) is 9.07. The molecule has 24 heavy (non-hydrogen) atoms. The van der Waals surface area contributed by atoms with Gasteiger partial charge in [-0.25, -0.2) is 0 Å². The van der Waals surface area contributed by atoms with Crippen LogP contribution in [0.5, 0.6) is 0 Å². The van der Waals surface area contributed by atoms with Gasteiger partial charge in [-0.05, 0) is 41.6 Å². The number of carbonyl (C=O) groups excluding carboxylic acids is 1. The maximum atomic E-state index is 12.1. The summed E-state index contributed by atoms with van der Waals surface area (Å²) in [4.78, 5) is 14.3. The molecule has 1 heterocycles. The molecule has 0 unspecified atom stereocenters. The summed E-state index contributed by atoms with van der Waals surface area (Å²) >= 11 is 7.82. The lowest BCUT2D eigenvalue weighted by atomic mass is 10.1. The first kappa shape index (κ1) is 17.0. The van der Waals surface area contributed by atoms with Crippen molar-refractivity contribution in [3.8, 4) is 0 Å². The second kappa shape index (κ2) is 7.79. The van der Waals surface area contributed by atoms with Crippen molar-refractivity contribution in [3.05, 3.63) is 64.5 Å². The quantitative estimate of drug-likeness (QED) is 0.671. The number of benzene rings is 2. The highest BCUT2D eigenvalue weighted by Crippen LogP contribution is 2.26. The largest absolute Gasteiger partial charge is 0.325 e. The van der Waals surface area contributed by atoms with Crippen molar-refractivity contribution in [1.82, 2.24) is 4.90 Å². The fourth-order valence-corrected chi connectivity index (χ4v) is 3.73. The standard InChI is InChI=1S/C19H19ClN2OS/c1-22(12-14-13-24-18-9-5-2-6-15(14)18)11-10-19(23)21-17-8-4-3-7-16(17)20/h2-9,13H,10-12H2,1H3,(H,21,23). The van der Waals surface area contributed by atoms with Crippen LogP contribution in [0.2, 0.25) is 5.02 Å². The average molecular weight is 359 g/mol. The van der Waals surface area contributed by atoms with Crippen LogP contribution in [0.1, 0.15) is 12.0 Å². The van der Waals surface area contributed by atoms with Gasteiger partial charge in [0, 0.05) is 24.2 Å². The molecule has 0 radical (unpaired) electrons. The lowest BCUT2D eigenvalue weighted by Crippen LogP contribution is -2.24. The van der Waals surface area contributed by atoms with Gasteiger partial charge < -0.3 is 10.2 Å². The highest BCUT2D eigenvalue weighted by Gasteiger charge is 2.09. The zero-order valence-corrected chi connectivity index (χ0v) is 15.0. The topological polar surface area (TPSA) is 32.3 Å². The molecule has 1 amide bonds. The molecule has 2 aromatic carbocycles. The monoisotopic (exact) mass is 358 g/mol. The SMILES string of the molecule is CN(CCC(=O)Nc1ccccc1Cl)Cc1csc2ccccc12. The number of amides is 1. The summed E-state index contributed by atoms with van der Waals surface area (Å²) in [6, 6.07) is 15.7. The zero-order valence-electron chi connectivity index (χ0n) is 13.5. The van der Waals surface area contributed by atoms with E-state index in [1.807, 2.05) is 19.2 Å². The van der Waals surface area contributed by atoms with Crippen molar-refractivity contribution in [3.63, 3.8) is 0 Å². The fraction of sp³-hybridized carbons (Fsp3) is 0.211. The molecule has 0 aliphatic carbocycles. The number of fused-ring (bicyclic) bond motifs is 1. The third-order valence-corrected chi connectivity index (χ3v) is 5.21. The molecule has 124 valence electrons. The Kier molecular flexibility index (Phi) is 5.51. The molecule has 5 heteroatoms. The van der Waals surface area contributed by atoms with Crippen LogP contribution in [0.15, 0.2) is 53.9 Å². The highest BCUT2D eigenvalue weighted by atomic mass is 35.5. The van der Waals surface area contributed by atoms with Crippen molar-refractivity contribution in [2.75, 3.05) is 18.9 Å². The van der Waals surface area contributed by atoms with Crippen LogP contribution in [0, 0.1) is 0 Å². The van der Waals surface area contributed by atoms with Crippen LogP contribution in [0.4, 0.5) is 5.69 Å². The van der Waals surface area contributed by atoms with E-state index in [1.165, 1.54) is 15.6 Å². The average Bonchev–Trinajstić information content (AvgIpc) is 2.98. The van der Waals surface area contributed by atoms with Gasteiger partial charge >= 0.3 is 0 Å². The molecule has 3 rings (SSSR count). The predicted octanol–water partition coefficient (Wildman–Crippen LogP) is 5.02. The molecule has 0 saturated carbocycles. The molecule has 1 aromatic heterocycles. The third-order valence-electron chi connectivity index (χ3n) is 3.87. The second-order valence-electron chi connectivity index (χ2n) is 5.77. The maximum absolute atomic E-state index is 12.1. The minimum Gasteiger partial charge on any atom is -0.325 e. The number of hydrogen-bond donors (Lipinski definition) is 1. The Morgan fingerprint density at radius 1 is 1.17 bits per heavy atom. The van der Waals surface area contributed by atoms with Gasteiger partial charge in [-0.1, -0.05) is 41.9 Å². The number of carbonyl (C=O) groups is 1. The van der Waals surface area contributed by atoms with E-state index in [1.54, 1.807) is 23.5 Å². The van der Waals surface area contributed by atoms with E-state index < -0.39 is 0 Å². The van der Waals surface area contributed by atoms with E-state index in [0.717, 1.165) is 6.54 Å². The Labute approximate surface area is 150 Å². The summed E-state index contributed by atoms with van der Waals surface area (Å²) in [5, 5.41) is 6.92. The Balaban J connectivity index is 1.53. The first-order valence-electron chi connectivity index (χ1n) is 7.81. The van der Waals surface area contributed by atoms with Crippen LogP contribution in [-0.4, -0.2) is 24.4 Å². The van der Waals surface area contributed by atoms with E-state index in [0.29, 0.717) is 23.7 Å². The summed E-state index contributed by atoms with van der Waals surface area (Å²) < 4.78 is 1.30. The molecule has 0 aliphatic heterocycles. The van der Waals surface area contributed by atoms with Crippen molar-refractivity contribution >= 4 is 44.6 Å². The van der Waals surface area contributed by atoms with E-state index in [2.05, 4.69) is 39.9 Å². The van der Waals surface area contributed by atoms with Crippen LogP contribution in [-0.2, 0) is 11.3 Å². The highest BCUT2D eigenvalue weighted by molar-refractivity contribution is 7.17. The summed E-state index contributed by atoms with van der Waals surface area (Å²) in [7, 11) is 2.04. The van der Waals surface area contributed by atoms with Crippen LogP contribution < -0.4 is 5.32 Å². The van der Waals surface area contributed by atoms with E-state index in [9.17, 15) is 4.79 Å². The molecule has 0 atom stereocenters. The summed E-state index contributed by atoms with van der Waals surface area (Å²) in [5.74, 6) is -0.0230. The van der Waals surface area contributed by atoms with E-state index in [4.69, 9.17) is 11.6 Å². The minimum atomic E-state index is -0.0230. The van der Waals surface area contributed by atoms with Crippen molar-refractivity contribution in [2.24, 2.45) is 0 Å². The van der Waals surface area contributed by atoms with E-state index in [-0.39, 0.29) is 5.91 Å². The third kappa shape index (κ3) is 4.15. The van der Waals surface area contributed by atoms with Gasteiger partial charge in [0.15, 0.2) is 0 Å². The number of thiophene rings is 1. The molecule has 0 aliphatic rings. The van der Waals surface area contributed by atoms with Crippen molar-refractivity contribution in [1.29, 1.82) is 0 Å². The van der Waals surface area contributed by atoms with Crippen LogP contribution in [0.3, 0.4) is 0 Å². The van der Waals surface area contributed by atoms with Gasteiger partial charge in [-0.2, -0.15) is 0 Å². The number of nitrogens with one attached hydrogen (secondary N) is 1. The molecular formula is C19H19ClN2OS. The number of para-hydroxylation sites is 1. The number of hydrogen-bond acceptors (Lipinski definition) is 3. The fourth-order valence-electron chi connectivity index (χ4n) is 2.59. The molecule has 3 aromatic rings. The number of nitrogens with zero attached hydrogens (tertiary/aromatic N) is 1. The van der Waals surface area contributed by atoms with E-state index >= 15 is 0 Å². The maximum Gasteiger partial charge on any atom is 0.225 e. The molecule has 1 N–H and O–H groups in total. The molecule has 3 nitrogen and oxygen atoms in total. The Morgan fingerprint density at radius 2 is 1.92 bits per heavy atom. The molecule has 0 fully saturated rings. The van der Waals surface area contributed by atoms with Gasteiger partial charge in [0.1, 0.15) is 0 Å². The summed E-state index contributed by atoms with van der Waals surface area (Å²) in [6.07, 6.45) is 0.434. The number of rotatable bonds is 6. The predicted molar refractivity (Wildman–Crippen MR) is 103 cm³/mol. The summed E-state index contributed by atoms with van der Waals surface area (Å²) in [6.45, 7) is 1.53. The lowest BCUT2D eigenvalue weighted by Gasteiger charge is -2.16. The molecular weight excluding hydrogens is 340 g/mol. The second-order valence-corrected chi connectivity index (χ2v) is 7.09. The molecule has 0 spiro atoms. The van der Waals surface area contributed by atoms with Gasteiger partial charge in [0.2, 0.25) is 5.91 Å². The van der Waals surface area contributed by atoms with Gasteiger partial charge in [-0.3, -0.25) is 4.79 Å². The zero-order chi connectivity index (χ0) is 16.9.